The molecule has 0 fully saturated rings. The van der Waals surface area contributed by atoms with Crippen LogP contribution in [0.5, 0.6) is 0 Å². The summed E-state index contributed by atoms with van der Waals surface area (Å²) in [6.07, 6.45) is 1.53. The number of rotatable bonds is 3. The zero-order valence-electron chi connectivity index (χ0n) is 12.1. The molecule has 1 unspecified atom stereocenters. The number of amides is 1. The van der Waals surface area contributed by atoms with E-state index in [0.717, 1.165) is 11.1 Å². The quantitative estimate of drug-likeness (QED) is 0.779. The molecule has 3 aromatic rings. The van der Waals surface area contributed by atoms with Gasteiger partial charge in [0.2, 0.25) is 0 Å². The van der Waals surface area contributed by atoms with Crippen LogP contribution < -0.4 is 5.32 Å². The van der Waals surface area contributed by atoms with E-state index in [0.29, 0.717) is 5.76 Å². The molecule has 1 N–H and O–H groups in total. The molecule has 0 aliphatic heterocycles. The average Bonchev–Trinajstić information content (AvgIpc) is 2.93. The van der Waals surface area contributed by atoms with Gasteiger partial charge in [0, 0.05) is 5.56 Å². The first kappa shape index (κ1) is 13.4. The Morgan fingerprint density at radius 2 is 1.86 bits per heavy atom. The molecule has 0 bridgehead atoms. The van der Waals surface area contributed by atoms with Crippen LogP contribution in [0.1, 0.15) is 34.6 Å². The highest BCUT2D eigenvalue weighted by atomic mass is 16.3. The van der Waals surface area contributed by atoms with Gasteiger partial charge in [0.25, 0.3) is 5.91 Å². The van der Waals surface area contributed by atoms with Crippen molar-refractivity contribution in [3.8, 4) is 0 Å². The highest BCUT2D eigenvalue weighted by Gasteiger charge is 2.16. The van der Waals surface area contributed by atoms with Gasteiger partial charge in [0.05, 0.1) is 12.3 Å². The van der Waals surface area contributed by atoms with Crippen molar-refractivity contribution >= 4 is 16.7 Å². The van der Waals surface area contributed by atoms with E-state index in [1.54, 1.807) is 6.07 Å². The Morgan fingerprint density at radius 3 is 2.57 bits per heavy atom. The predicted molar refractivity (Wildman–Crippen MR) is 83.3 cm³/mol. The molecule has 0 radical (unpaired) electrons. The maximum atomic E-state index is 12.2. The van der Waals surface area contributed by atoms with Crippen molar-refractivity contribution in [2.24, 2.45) is 0 Å². The lowest BCUT2D eigenvalue weighted by atomic mass is 10.0. The molecule has 21 heavy (non-hydrogen) atoms. The zero-order valence-corrected chi connectivity index (χ0v) is 12.1. The van der Waals surface area contributed by atoms with Crippen molar-refractivity contribution in [1.29, 1.82) is 0 Å². The van der Waals surface area contributed by atoms with Crippen LogP contribution in [0.3, 0.4) is 0 Å². The highest BCUT2D eigenvalue weighted by Crippen LogP contribution is 2.21. The summed E-state index contributed by atoms with van der Waals surface area (Å²) in [6, 6.07) is 16.1. The molecule has 0 aliphatic carbocycles. The average molecular weight is 279 g/mol. The Morgan fingerprint density at radius 1 is 1.10 bits per heavy atom. The number of hydrogen-bond acceptors (Lipinski definition) is 2. The lowest BCUT2D eigenvalue weighted by Gasteiger charge is -2.14. The summed E-state index contributed by atoms with van der Waals surface area (Å²) in [5.41, 5.74) is 1.92. The van der Waals surface area contributed by atoms with Crippen LogP contribution in [0.25, 0.3) is 10.8 Å². The van der Waals surface area contributed by atoms with Gasteiger partial charge in [0.1, 0.15) is 0 Å². The number of carbonyl (C=O) groups excluding carboxylic acids is 1. The van der Waals surface area contributed by atoms with Gasteiger partial charge < -0.3 is 9.73 Å². The maximum absolute atomic E-state index is 12.2. The summed E-state index contributed by atoms with van der Waals surface area (Å²) in [4.78, 5) is 12.2. The van der Waals surface area contributed by atoms with E-state index in [2.05, 4.69) is 29.6 Å². The predicted octanol–water partition coefficient (Wildman–Crippen LogP) is 4.23. The van der Waals surface area contributed by atoms with Gasteiger partial charge in [0.15, 0.2) is 5.76 Å². The van der Waals surface area contributed by atoms with Gasteiger partial charge in [-0.25, -0.2) is 0 Å². The number of benzene rings is 2. The number of fused-ring (bicyclic) bond motifs is 1. The second kappa shape index (κ2) is 5.44. The minimum absolute atomic E-state index is 0.0772. The zero-order chi connectivity index (χ0) is 14.8. The molecule has 1 heterocycles. The number of nitrogens with one attached hydrogen (secondary N) is 1. The fraction of sp³-hybridized carbons (Fsp3) is 0.167. The van der Waals surface area contributed by atoms with Crippen LogP contribution in [0.15, 0.2) is 59.2 Å². The van der Waals surface area contributed by atoms with E-state index < -0.39 is 0 Å². The topological polar surface area (TPSA) is 42.2 Å². The van der Waals surface area contributed by atoms with Crippen LogP contribution >= 0.6 is 0 Å². The molecule has 3 nitrogen and oxygen atoms in total. The minimum Gasteiger partial charge on any atom is -0.459 e. The lowest BCUT2D eigenvalue weighted by molar-refractivity contribution is 0.0911. The van der Waals surface area contributed by atoms with Crippen molar-refractivity contribution in [2.75, 3.05) is 0 Å². The third-order valence-electron chi connectivity index (χ3n) is 3.69. The van der Waals surface area contributed by atoms with Crippen molar-refractivity contribution in [3.63, 3.8) is 0 Å². The molecule has 106 valence electrons. The standard InChI is InChI=1S/C18H17NO2/c1-12-9-10-21-17(12)18(20)19-13(2)15-8-7-14-5-3-4-6-16(14)11-15/h3-11,13H,1-2H3,(H,19,20). The normalized spacial score (nSPS) is 12.3. The van der Waals surface area contributed by atoms with Crippen LogP contribution in [0, 0.1) is 6.92 Å². The number of carbonyl (C=O) groups is 1. The minimum atomic E-state index is -0.182. The van der Waals surface area contributed by atoms with E-state index in [4.69, 9.17) is 4.42 Å². The van der Waals surface area contributed by atoms with Crippen LogP contribution in [0.4, 0.5) is 0 Å². The highest BCUT2D eigenvalue weighted by molar-refractivity contribution is 5.93. The number of aryl methyl sites for hydroxylation is 1. The van der Waals surface area contributed by atoms with Crippen LogP contribution in [0.2, 0.25) is 0 Å². The lowest BCUT2D eigenvalue weighted by Crippen LogP contribution is -2.26. The van der Waals surface area contributed by atoms with E-state index in [1.807, 2.05) is 32.0 Å². The Balaban J connectivity index is 1.82. The number of furan rings is 1. The first-order chi connectivity index (χ1) is 10.1. The Kier molecular flexibility index (Phi) is 3.48. The summed E-state index contributed by atoms with van der Waals surface area (Å²) in [7, 11) is 0. The molecular formula is C18H17NO2. The van der Waals surface area contributed by atoms with Gasteiger partial charge in [-0.05, 0) is 42.3 Å². The molecule has 1 amide bonds. The molecule has 0 aliphatic rings. The molecule has 1 aromatic heterocycles. The number of hydrogen-bond donors (Lipinski definition) is 1. The molecule has 3 heteroatoms. The smallest absolute Gasteiger partial charge is 0.287 e. The third kappa shape index (κ3) is 2.68. The summed E-state index contributed by atoms with van der Waals surface area (Å²) in [5, 5.41) is 5.34. The third-order valence-corrected chi connectivity index (χ3v) is 3.69. The van der Waals surface area contributed by atoms with E-state index >= 15 is 0 Å². The second-order valence-corrected chi connectivity index (χ2v) is 5.23. The molecule has 0 spiro atoms. The fourth-order valence-corrected chi connectivity index (χ4v) is 2.43. The Hall–Kier alpha value is -2.55. The Labute approximate surface area is 123 Å². The van der Waals surface area contributed by atoms with Crippen molar-refractivity contribution < 1.29 is 9.21 Å². The summed E-state index contributed by atoms with van der Waals surface area (Å²) in [5.74, 6) is 0.195. The first-order valence-electron chi connectivity index (χ1n) is 6.99. The summed E-state index contributed by atoms with van der Waals surface area (Å²) in [6.45, 7) is 3.83. The first-order valence-corrected chi connectivity index (χ1v) is 6.99. The van der Waals surface area contributed by atoms with Crippen molar-refractivity contribution in [3.05, 3.63) is 71.7 Å². The van der Waals surface area contributed by atoms with Crippen LogP contribution in [-0.2, 0) is 0 Å². The van der Waals surface area contributed by atoms with Gasteiger partial charge in [-0.15, -0.1) is 0 Å². The van der Waals surface area contributed by atoms with Crippen molar-refractivity contribution in [1.82, 2.24) is 5.32 Å². The fourth-order valence-electron chi connectivity index (χ4n) is 2.43. The maximum Gasteiger partial charge on any atom is 0.287 e. The van der Waals surface area contributed by atoms with E-state index in [1.165, 1.54) is 17.0 Å². The van der Waals surface area contributed by atoms with Crippen molar-refractivity contribution in [2.45, 2.75) is 19.9 Å². The second-order valence-electron chi connectivity index (χ2n) is 5.23. The molecular weight excluding hydrogens is 262 g/mol. The Bertz CT molecular complexity index is 789. The van der Waals surface area contributed by atoms with Gasteiger partial charge in [-0.3, -0.25) is 4.79 Å². The summed E-state index contributed by atoms with van der Waals surface area (Å²) >= 11 is 0. The summed E-state index contributed by atoms with van der Waals surface area (Å²) < 4.78 is 5.22. The monoisotopic (exact) mass is 279 g/mol. The SMILES string of the molecule is Cc1ccoc1C(=O)NC(C)c1ccc2ccccc2c1. The largest absolute Gasteiger partial charge is 0.459 e. The molecule has 2 aromatic carbocycles. The van der Waals surface area contributed by atoms with E-state index in [-0.39, 0.29) is 11.9 Å². The van der Waals surface area contributed by atoms with Gasteiger partial charge >= 0.3 is 0 Å². The molecule has 0 saturated carbocycles. The molecule has 3 rings (SSSR count). The van der Waals surface area contributed by atoms with E-state index in [9.17, 15) is 4.79 Å². The molecule has 0 saturated heterocycles. The van der Waals surface area contributed by atoms with Crippen LogP contribution in [-0.4, -0.2) is 5.91 Å². The van der Waals surface area contributed by atoms with Gasteiger partial charge in [-0.2, -0.15) is 0 Å². The molecule has 1 atom stereocenters. The van der Waals surface area contributed by atoms with Gasteiger partial charge in [-0.1, -0.05) is 36.4 Å².